The second-order valence-electron chi connectivity index (χ2n) is 3.96. The summed E-state index contributed by atoms with van der Waals surface area (Å²) in [5, 5.41) is 20.0. The number of hydrogen-bond acceptors (Lipinski definition) is 5. The Labute approximate surface area is 109 Å². The Hall–Kier alpha value is -2.47. The van der Waals surface area contributed by atoms with E-state index in [0.29, 0.717) is 17.2 Å². The number of aliphatic hydroxyl groups excluding tert-OH is 1. The molecule has 0 unspecified atom stereocenters. The third-order valence-corrected chi connectivity index (χ3v) is 2.51. The number of non-ortho nitro benzene ring substituents is 1. The van der Waals surface area contributed by atoms with Crippen LogP contribution in [-0.4, -0.2) is 15.0 Å². The van der Waals surface area contributed by atoms with Gasteiger partial charge in [0.15, 0.2) is 0 Å². The smallest absolute Gasteiger partial charge is 0.269 e. The Morgan fingerprint density at radius 3 is 2.58 bits per heavy atom. The molecule has 6 nitrogen and oxygen atoms in total. The molecule has 6 heteroatoms. The van der Waals surface area contributed by atoms with Gasteiger partial charge in [-0.3, -0.25) is 10.1 Å². The number of pyridine rings is 1. The first kappa shape index (κ1) is 13.0. The first-order valence-electron chi connectivity index (χ1n) is 5.62. The summed E-state index contributed by atoms with van der Waals surface area (Å²) < 4.78 is 5.46. The summed E-state index contributed by atoms with van der Waals surface area (Å²) in [4.78, 5) is 14.0. The number of nitro benzene ring substituents is 1. The van der Waals surface area contributed by atoms with Gasteiger partial charge in [-0.1, -0.05) is 0 Å². The van der Waals surface area contributed by atoms with Crippen molar-refractivity contribution in [2.45, 2.75) is 13.0 Å². The van der Waals surface area contributed by atoms with E-state index >= 15 is 0 Å². The van der Waals surface area contributed by atoms with Crippen molar-refractivity contribution in [3.8, 4) is 11.6 Å². The van der Waals surface area contributed by atoms with Crippen LogP contribution in [0.3, 0.4) is 0 Å². The van der Waals surface area contributed by atoms with Gasteiger partial charge in [0, 0.05) is 24.4 Å². The summed E-state index contributed by atoms with van der Waals surface area (Å²) in [6, 6.07) is 9.00. The summed E-state index contributed by atoms with van der Waals surface area (Å²) in [6.07, 6.45) is 0.921. The Balaban J connectivity index is 2.16. The highest BCUT2D eigenvalue weighted by Gasteiger charge is 2.07. The van der Waals surface area contributed by atoms with Crippen LogP contribution >= 0.6 is 0 Å². The van der Waals surface area contributed by atoms with Crippen LogP contribution in [0.25, 0.3) is 0 Å². The van der Waals surface area contributed by atoms with Gasteiger partial charge in [0.2, 0.25) is 5.88 Å². The Bertz CT molecular complexity index is 581. The number of ether oxygens (including phenoxy) is 1. The van der Waals surface area contributed by atoms with Gasteiger partial charge in [-0.15, -0.1) is 0 Å². The maximum atomic E-state index is 10.5. The molecule has 0 saturated carbocycles. The molecule has 1 atom stereocenters. The fourth-order valence-electron chi connectivity index (χ4n) is 1.50. The fraction of sp³-hybridized carbons (Fsp3) is 0.154. The maximum absolute atomic E-state index is 10.5. The molecule has 0 bridgehead atoms. The lowest BCUT2D eigenvalue weighted by Gasteiger charge is -2.07. The van der Waals surface area contributed by atoms with E-state index in [2.05, 4.69) is 4.98 Å². The van der Waals surface area contributed by atoms with Crippen LogP contribution in [0.2, 0.25) is 0 Å². The summed E-state index contributed by atoms with van der Waals surface area (Å²) in [5.41, 5.74) is 0.685. The second kappa shape index (κ2) is 5.45. The highest BCUT2D eigenvalue weighted by Crippen LogP contribution is 2.24. The van der Waals surface area contributed by atoms with E-state index in [1.807, 2.05) is 0 Å². The molecular formula is C13H12N2O4. The average Bonchev–Trinajstić information content (AvgIpc) is 2.39. The van der Waals surface area contributed by atoms with Crippen molar-refractivity contribution in [1.82, 2.24) is 4.98 Å². The molecule has 1 N–H and O–H groups in total. The number of nitrogens with zero attached hydrogens (tertiary/aromatic N) is 2. The van der Waals surface area contributed by atoms with Crippen LogP contribution in [0.5, 0.6) is 11.6 Å². The predicted octanol–water partition coefficient (Wildman–Crippen LogP) is 2.84. The number of benzene rings is 1. The molecule has 1 aromatic heterocycles. The summed E-state index contributed by atoms with van der Waals surface area (Å²) in [5.74, 6) is 0.771. The van der Waals surface area contributed by atoms with Gasteiger partial charge in [0.05, 0.1) is 11.0 Å². The molecule has 1 heterocycles. The Morgan fingerprint density at radius 2 is 2.00 bits per heavy atom. The minimum atomic E-state index is -0.609. The van der Waals surface area contributed by atoms with Crippen LogP contribution in [0.4, 0.5) is 5.69 Å². The summed E-state index contributed by atoms with van der Waals surface area (Å²) in [7, 11) is 0. The van der Waals surface area contributed by atoms with E-state index < -0.39 is 11.0 Å². The van der Waals surface area contributed by atoms with Crippen LogP contribution in [0, 0.1) is 10.1 Å². The molecule has 1 aromatic carbocycles. The third kappa shape index (κ3) is 3.26. The lowest BCUT2D eigenvalue weighted by Crippen LogP contribution is -1.94. The van der Waals surface area contributed by atoms with E-state index in [1.54, 1.807) is 19.1 Å². The van der Waals surface area contributed by atoms with Crippen molar-refractivity contribution < 1.29 is 14.8 Å². The molecule has 0 saturated heterocycles. The van der Waals surface area contributed by atoms with Crippen molar-refractivity contribution in [2.75, 3.05) is 0 Å². The van der Waals surface area contributed by atoms with Crippen LogP contribution in [0.1, 0.15) is 18.6 Å². The summed E-state index contributed by atoms with van der Waals surface area (Å²) >= 11 is 0. The number of hydrogen-bond donors (Lipinski definition) is 1. The zero-order valence-corrected chi connectivity index (χ0v) is 10.2. The van der Waals surface area contributed by atoms with Crippen molar-refractivity contribution in [3.63, 3.8) is 0 Å². The van der Waals surface area contributed by atoms with Gasteiger partial charge in [-0.2, -0.15) is 0 Å². The van der Waals surface area contributed by atoms with Crippen molar-refractivity contribution in [1.29, 1.82) is 0 Å². The molecule has 0 amide bonds. The maximum Gasteiger partial charge on any atom is 0.269 e. The Kier molecular flexibility index (Phi) is 3.72. The summed E-state index contributed by atoms with van der Waals surface area (Å²) in [6.45, 7) is 1.64. The molecule has 0 fully saturated rings. The number of rotatable bonds is 4. The monoisotopic (exact) mass is 260 g/mol. The molecule has 0 aliphatic rings. The van der Waals surface area contributed by atoms with E-state index in [4.69, 9.17) is 4.74 Å². The normalized spacial score (nSPS) is 11.9. The van der Waals surface area contributed by atoms with E-state index in [0.717, 1.165) is 0 Å². The zero-order chi connectivity index (χ0) is 13.8. The minimum absolute atomic E-state index is 0.00181. The average molecular weight is 260 g/mol. The van der Waals surface area contributed by atoms with Gasteiger partial charge < -0.3 is 9.84 Å². The fourth-order valence-corrected chi connectivity index (χ4v) is 1.50. The Morgan fingerprint density at radius 1 is 1.32 bits per heavy atom. The largest absolute Gasteiger partial charge is 0.439 e. The molecule has 19 heavy (non-hydrogen) atoms. The molecular weight excluding hydrogens is 248 g/mol. The molecule has 98 valence electrons. The van der Waals surface area contributed by atoms with Gasteiger partial charge >= 0.3 is 0 Å². The van der Waals surface area contributed by atoms with E-state index in [1.165, 1.54) is 30.5 Å². The quantitative estimate of drug-likeness (QED) is 0.674. The number of aliphatic hydroxyl groups is 1. The predicted molar refractivity (Wildman–Crippen MR) is 68.0 cm³/mol. The molecule has 0 spiro atoms. The van der Waals surface area contributed by atoms with Crippen molar-refractivity contribution >= 4 is 5.69 Å². The number of aromatic nitrogens is 1. The van der Waals surface area contributed by atoms with Crippen LogP contribution in [0.15, 0.2) is 42.6 Å². The first-order chi connectivity index (χ1) is 9.06. The van der Waals surface area contributed by atoms with Crippen LogP contribution in [-0.2, 0) is 0 Å². The standard InChI is InChI=1S/C13H12N2O4/c1-9(16)10-6-7-14-13(8-10)19-12-4-2-11(3-5-12)15(17)18/h2-9,16H,1H3/t9-/m1/s1. The van der Waals surface area contributed by atoms with E-state index in [9.17, 15) is 15.2 Å². The molecule has 0 aliphatic carbocycles. The van der Waals surface area contributed by atoms with Gasteiger partial charge in [-0.05, 0) is 30.7 Å². The zero-order valence-electron chi connectivity index (χ0n) is 10.2. The number of nitro groups is 1. The highest BCUT2D eigenvalue weighted by molar-refractivity contribution is 5.37. The van der Waals surface area contributed by atoms with Crippen molar-refractivity contribution in [2.24, 2.45) is 0 Å². The van der Waals surface area contributed by atoms with Crippen LogP contribution < -0.4 is 4.74 Å². The molecule has 2 aromatic rings. The molecule has 0 radical (unpaired) electrons. The third-order valence-electron chi connectivity index (χ3n) is 2.51. The minimum Gasteiger partial charge on any atom is -0.439 e. The lowest BCUT2D eigenvalue weighted by molar-refractivity contribution is -0.384. The van der Waals surface area contributed by atoms with Crippen molar-refractivity contribution in [3.05, 3.63) is 58.3 Å². The molecule has 0 aliphatic heterocycles. The van der Waals surface area contributed by atoms with Gasteiger partial charge in [0.25, 0.3) is 5.69 Å². The van der Waals surface area contributed by atoms with Gasteiger partial charge in [-0.25, -0.2) is 4.98 Å². The topological polar surface area (TPSA) is 85.5 Å². The molecule has 2 rings (SSSR count). The van der Waals surface area contributed by atoms with E-state index in [-0.39, 0.29) is 5.69 Å². The second-order valence-corrected chi connectivity index (χ2v) is 3.96. The first-order valence-corrected chi connectivity index (χ1v) is 5.62. The SMILES string of the molecule is C[C@@H](O)c1ccnc(Oc2ccc([N+](=O)[O-])cc2)c1. The lowest BCUT2D eigenvalue weighted by atomic mass is 10.2. The highest BCUT2D eigenvalue weighted by atomic mass is 16.6. The van der Waals surface area contributed by atoms with Gasteiger partial charge in [0.1, 0.15) is 5.75 Å².